The van der Waals surface area contributed by atoms with Crippen molar-refractivity contribution in [1.29, 1.82) is 0 Å². The molecule has 0 fully saturated rings. The van der Waals surface area contributed by atoms with Crippen LogP contribution in [0.1, 0.15) is 17.9 Å². The predicted octanol–water partition coefficient (Wildman–Crippen LogP) is 4.74. The van der Waals surface area contributed by atoms with E-state index in [1.165, 1.54) is 0 Å². The molecule has 0 bridgehead atoms. The molecule has 0 amide bonds. The molecule has 1 aromatic carbocycles. The number of benzene rings is 1. The van der Waals surface area contributed by atoms with Crippen molar-refractivity contribution in [3.05, 3.63) is 65.6 Å². The molecule has 0 aliphatic carbocycles. The predicted molar refractivity (Wildman–Crippen MR) is 115 cm³/mol. The number of anilines is 1. The van der Waals surface area contributed by atoms with E-state index in [4.69, 9.17) is 33.0 Å². The Kier molecular flexibility index (Phi) is 6.95. The number of aromatic nitrogens is 2. The highest BCUT2D eigenvalue weighted by atomic mass is 35.5. The van der Waals surface area contributed by atoms with Crippen LogP contribution in [0.25, 0.3) is 0 Å². The number of furan rings is 1. The topological polar surface area (TPSA) is 55.5 Å². The summed E-state index contributed by atoms with van der Waals surface area (Å²) in [6.07, 6.45) is 6.47. The van der Waals surface area contributed by atoms with Crippen molar-refractivity contribution >= 4 is 34.6 Å². The molecule has 3 aromatic rings. The Labute approximate surface area is 175 Å². The van der Waals surface area contributed by atoms with E-state index in [1.54, 1.807) is 19.4 Å². The number of thiocarbonyl (C=S) groups is 1. The number of nitrogens with zero attached hydrogens (tertiary/aromatic N) is 3. The van der Waals surface area contributed by atoms with Crippen molar-refractivity contribution in [2.75, 3.05) is 19.0 Å². The Hall–Kier alpha value is -2.51. The molecule has 0 saturated heterocycles. The summed E-state index contributed by atoms with van der Waals surface area (Å²) >= 11 is 11.8. The number of hydrogen-bond acceptors (Lipinski definition) is 4. The van der Waals surface area contributed by atoms with Gasteiger partial charge in [-0.3, -0.25) is 0 Å². The van der Waals surface area contributed by atoms with Gasteiger partial charge in [-0.25, -0.2) is 4.98 Å². The Morgan fingerprint density at radius 3 is 2.89 bits per heavy atom. The fourth-order valence-corrected chi connectivity index (χ4v) is 3.28. The SMILES string of the molecule is COc1cc(NC(=S)N(CCCn2ccnc2)Cc2ccc(C)o2)ccc1Cl. The van der Waals surface area contributed by atoms with E-state index < -0.39 is 0 Å². The van der Waals surface area contributed by atoms with Crippen LogP contribution in [0.4, 0.5) is 5.69 Å². The van der Waals surface area contributed by atoms with Gasteiger partial charge in [0.1, 0.15) is 17.3 Å². The largest absolute Gasteiger partial charge is 0.495 e. The zero-order chi connectivity index (χ0) is 19.9. The summed E-state index contributed by atoms with van der Waals surface area (Å²) < 4.78 is 13.1. The summed E-state index contributed by atoms with van der Waals surface area (Å²) in [5.41, 5.74) is 0.821. The lowest BCUT2D eigenvalue weighted by atomic mass is 10.3. The fourth-order valence-electron chi connectivity index (χ4n) is 2.81. The number of rotatable bonds is 8. The van der Waals surface area contributed by atoms with E-state index in [2.05, 4.69) is 19.8 Å². The molecule has 3 rings (SSSR count). The standard InChI is InChI=1S/C20H23ClN4O2S/c1-15-4-6-17(27-15)13-25(10-3-9-24-11-8-22-14-24)20(28)23-16-5-7-18(21)19(12-16)26-2/h4-8,11-12,14H,3,9-10,13H2,1-2H3,(H,23,28). The minimum absolute atomic E-state index is 0.558. The lowest BCUT2D eigenvalue weighted by Gasteiger charge is -2.25. The number of methoxy groups -OCH3 is 1. The first kappa shape index (κ1) is 20.2. The molecule has 0 radical (unpaired) electrons. The van der Waals surface area contributed by atoms with E-state index in [-0.39, 0.29) is 0 Å². The molecule has 148 valence electrons. The molecule has 2 heterocycles. The summed E-state index contributed by atoms with van der Waals surface area (Å²) in [7, 11) is 1.59. The number of hydrogen-bond donors (Lipinski definition) is 1. The highest BCUT2D eigenvalue weighted by Gasteiger charge is 2.14. The quantitative estimate of drug-likeness (QED) is 0.533. The number of halogens is 1. The molecular formula is C20H23ClN4O2S. The average molecular weight is 419 g/mol. The molecule has 0 unspecified atom stereocenters. The molecule has 6 nitrogen and oxygen atoms in total. The van der Waals surface area contributed by atoms with Crippen molar-refractivity contribution in [2.24, 2.45) is 0 Å². The van der Waals surface area contributed by atoms with Crippen molar-refractivity contribution in [3.8, 4) is 5.75 Å². The van der Waals surface area contributed by atoms with Gasteiger partial charge in [-0.1, -0.05) is 11.6 Å². The number of aryl methyl sites for hydroxylation is 2. The number of imidazole rings is 1. The molecule has 28 heavy (non-hydrogen) atoms. The smallest absolute Gasteiger partial charge is 0.173 e. The summed E-state index contributed by atoms with van der Waals surface area (Å²) in [5, 5.41) is 4.45. The van der Waals surface area contributed by atoms with Crippen LogP contribution in [0.3, 0.4) is 0 Å². The maximum absolute atomic E-state index is 6.11. The number of nitrogens with one attached hydrogen (secondary N) is 1. The van der Waals surface area contributed by atoms with Gasteiger partial charge in [-0.05, 0) is 49.8 Å². The third-order valence-corrected chi connectivity index (χ3v) is 4.91. The third-order valence-electron chi connectivity index (χ3n) is 4.24. The van der Waals surface area contributed by atoms with Crippen LogP contribution in [0.2, 0.25) is 5.02 Å². The highest BCUT2D eigenvalue weighted by Crippen LogP contribution is 2.27. The third kappa shape index (κ3) is 5.50. The second-order valence-electron chi connectivity index (χ2n) is 6.37. The Morgan fingerprint density at radius 1 is 1.36 bits per heavy atom. The Morgan fingerprint density at radius 2 is 2.21 bits per heavy atom. The van der Waals surface area contributed by atoms with Crippen LogP contribution in [0.5, 0.6) is 5.75 Å². The summed E-state index contributed by atoms with van der Waals surface area (Å²) in [6.45, 7) is 4.16. The van der Waals surface area contributed by atoms with E-state index in [0.717, 1.165) is 36.7 Å². The molecule has 8 heteroatoms. The van der Waals surface area contributed by atoms with Gasteiger partial charge >= 0.3 is 0 Å². The molecule has 0 aliphatic rings. The highest BCUT2D eigenvalue weighted by molar-refractivity contribution is 7.80. The van der Waals surface area contributed by atoms with Crippen molar-refractivity contribution in [2.45, 2.75) is 26.4 Å². The van der Waals surface area contributed by atoms with Crippen molar-refractivity contribution in [3.63, 3.8) is 0 Å². The van der Waals surface area contributed by atoms with Gasteiger partial charge in [-0.2, -0.15) is 0 Å². The van der Waals surface area contributed by atoms with E-state index in [1.807, 2.05) is 43.7 Å². The monoisotopic (exact) mass is 418 g/mol. The normalized spacial score (nSPS) is 10.7. The van der Waals surface area contributed by atoms with Gasteiger partial charge in [0.15, 0.2) is 5.11 Å². The van der Waals surface area contributed by atoms with Crippen LogP contribution < -0.4 is 10.1 Å². The Bertz CT molecular complexity index is 911. The zero-order valence-corrected chi connectivity index (χ0v) is 17.5. The van der Waals surface area contributed by atoms with Crippen molar-refractivity contribution < 1.29 is 9.15 Å². The molecule has 1 N–H and O–H groups in total. The van der Waals surface area contributed by atoms with Crippen LogP contribution in [-0.2, 0) is 13.1 Å². The first-order valence-electron chi connectivity index (χ1n) is 8.95. The molecular weight excluding hydrogens is 396 g/mol. The molecule has 0 spiro atoms. The Balaban J connectivity index is 1.67. The van der Waals surface area contributed by atoms with Gasteiger partial charge in [0, 0.05) is 37.2 Å². The van der Waals surface area contributed by atoms with Crippen LogP contribution in [-0.4, -0.2) is 33.2 Å². The lowest BCUT2D eigenvalue weighted by Crippen LogP contribution is -2.35. The summed E-state index contributed by atoms with van der Waals surface area (Å²) in [6, 6.07) is 9.42. The second kappa shape index (κ2) is 9.61. The van der Waals surface area contributed by atoms with E-state index in [9.17, 15) is 0 Å². The van der Waals surface area contributed by atoms with Gasteiger partial charge in [0.25, 0.3) is 0 Å². The van der Waals surface area contributed by atoms with Crippen LogP contribution in [0.15, 0.2) is 53.5 Å². The van der Waals surface area contributed by atoms with E-state index >= 15 is 0 Å². The average Bonchev–Trinajstić information content (AvgIpc) is 3.34. The van der Waals surface area contributed by atoms with Crippen LogP contribution in [0, 0.1) is 6.92 Å². The lowest BCUT2D eigenvalue weighted by molar-refractivity contribution is 0.348. The molecule has 2 aromatic heterocycles. The first-order chi connectivity index (χ1) is 13.5. The molecule has 0 atom stereocenters. The zero-order valence-electron chi connectivity index (χ0n) is 15.9. The first-order valence-corrected chi connectivity index (χ1v) is 9.74. The minimum atomic E-state index is 0.558. The fraction of sp³-hybridized carbons (Fsp3) is 0.300. The van der Waals surface area contributed by atoms with Gasteiger partial charge in [0.2, 0.25) is 0 Å². The molecule has 0 aliphatic heterocycles. The maximum atomic E-state index is 6.11. The summed E-state index contributed by atoms with van der Waals surface area (Å²) in [5.74, 6) is 2.36. The maximum Gasteiger partial charge on any atom is 0.173 e. The summed E-state index contributed by atoms with van der Waals surface area (Å²) in [4.78, 5) is 6.17. The number of ether oxygens (including phenoxy) is 1. The second-order valence-corrected chi connectivity index (χ2v) is 7.16. The molecule has 0 saturated carbocycles. The van der Waals surface area contributed by atoms with Gasteiger partial charge in [0.05, 0.1) is 25.0 Å². The van der Waals surface area contributed by atoms with E-state index in [0.29, 0.717) is 22.4 Å². The van der Waals surface area contributed by atoms with Gasteiger partial charge in [-0.15, -0.1) is 0 Å². The van der Waals surface area contributed by atoms with Crippen molar-refractivity contribution in [1.82, 2.24) is 14.5 Å². The minimum Gasteiger partial charge on any atom is -0.495 e. The van der Waals surface area contributed by atoms with Gasteiger partial charge < -0.3 is 23.9 Å². The van der Waals surface area contributed by atoms with Crippen LogP contribution >= 0.6 is 23.8 Å².